The van der Waals surface area contributed by atoms with Gasteiger partial charge in [0.2, 0.25) is 0 Å². The molecule has 19 heavy (non-hydrogen) atoms. The monoisotopic (exact) mass is 297 g/mol. The highest BCUT2D eigenvalue weighted by atomic mass is 35.5. The molecule has 0 spiro atoms. The molecule has 5 heteroatoms. The number of hydrogen-bond donors (Lipinski definition) is 1. The van der Waals surface area contributed by atoms with Crippen molar-refractivity contribution in [2.24, 2.45) is 4.99 Å². The fourth-order valence-electron chi connectivity index (χ4n) is 1.99. The second-order valence-corrected chi connectivity index (χ2v) is 6.63. The van der Waals surface area contributed by atoms with Gasteiger partial charge in [-0.3, -0.25) is 0 Å². The summed E-state index contributed by atoms with van der Waals surface area (Å²) in [5, 5.41) is 0.685. The Morgan fingerprint density at radius 3 is 2.53 bits per heavy atom. The predicted molar refractivity (Wildman–Crippen MR) is 76.9 cm³/mol. The first kappa shape index (κ1) is 12.6. The van der Waals surface area contributed by atoms with E-state index in [4.69, 9.17) is 11.6 Å². The number of rotatable bonds is 2. The Balaban J connectivity index is 1.89. The van der Waals surface area contributed by atoms with Gasteiger partial charge in [0.15, 0.2) is 11.6 Å². The molecule has 0 fully saturated rings. The molecule has 1 aliphatic rings. The second kappa shape index (κ2) is 4.94. The van der Waals surface area contributed by atoms with Crippen LogP contribution in [0.2, 0.25) is 5.02 Å². The molecule has 3 rings (SSSR count). The van der Waals surface area contributed by atoms with E-state index in [2.05, 4.69) is 4.99 Å². The molecule has 1 heterocycles. The lowest BCUT2D eigenvalue weighted by Gasteiger charge is -2.14. The Kier molecular flexibility index (Phi) is 3.29. The first-order valence-electron chi connectivity index (χ1n) is 5.68. The van der Waals surface area contributed by atoms with Gasteiger partial charge in [-0.15, -0.1) is 0 Å². The average molecular weight is 298 g/mol. The summed E-state index contributed by atoms with van der Waals surface area (Å²) in [6.07, 6.45) is 0. The van der Waals surface area contributed by atoms with E-state index < -0.39 is 22.5 Å². The van der Waals surface area contributed by atoms with E-state index in [0.29, 0.717) is 5.02 Å². The van der Waals surface area contributed by atoms with Crippen molar-refractivity contribution in [3.05, 3.63) is 58.6 Å². The van der Waals surface area contributed by atoms with Crippen LogP contribution in [0, 0.1) is 11.6 Å². The summed E-state index contributed by atoms with van der Waals surface area (Å²) in [6, 6.07) is 10.3. The van der Waals surface area contributed by atoms with Crippen molar-refractivity contribution in [1.82, 2.24) is 0 Å². The molecule has 0 saturated heterocycles. The van der Waals surface area contributed by atoms with Crippen molar-refractivity contribution in [2.75, 3.05) is 0 Å². The summed E-state index contributed by atoms with van der Waals surface area (Å²) >= 11 is 5.84. The summed E-state index contributed by atoms with van der Waals surface area (Å²) in [5.41, 5.74) is 3.00. The van der Waals surface area contributed by atoms with Crippen LogP contribution in [-0.4, -0.2) is 5.55 Å². The zero-order valence-corrected chi connectivity index (χ0v) is 11.4. The SMILES string of the molecule is Fc1ccc2c(c1F)N=C[SH]2Cc1ccc(Cl)cc1. The van der Waals surface area contributed by atoms with Gasteiger partial charge in [-0.25, -0.2) is 13.8 Å². The van der Waals surface area contributed by atoms with E-state index in [1.807, 2.05) is 24.3 Å². The third-order valence-electron chi connectivity index (χ3n) is 2.95. The smallest absolute Gasteiger partial charge is 0.185 e. The van der Waals surface area contributed by atoms with Crippen LogP contribution in [0.15, 0.2) is 46.3 Å². The first-order chi connectivity index (χ1) is 9.15. The number of halogens is 3. The number of aliphatic imine (C=N–C) groups is 1. The Labute approximate surface area is 117 Å². The second-order valence-electron chi connectivity index (χ2n) is 4.23. The van der Waals surface area contributed by atoms with Crippen molar-refractivity contribution in [3.63, 3.8) is 0 Å². The molecular formula is C14H10ClF2NS. The molecule has 1 aliphatic heterocycles. The van der Waals surface area contributed by atoms with Crippen LogP contribution in [0.3, 0.4) is 0 Å². The van der Waals surface area contributed by atoms with Crippen LogP contribution < -0.4 is 0 Å². The molecule has 2 aromatic carbocycles. The molecule has 0 N–H and O–H groups in total. The van der Waals surface area contributed by atoms with Gasteiger partial charge in [0.05, 0.1) is 0 Å². The fourth-order valence-corrected chi connectivity index (χ4v) is 4.04. The minimum atomic E-state index is -0.852. The van der Waals surface area contributed by atoms with Crippen molar-refractivity contribution in [1.29, 1.82) is 0 Å². The molecule has 98 valence electrons. The van der Waals surface area contributed by atoms with E-state index in [9.17, 15) is 8.78 Å². The molecule has 1 nitrogen and oxygen atoms in total. The summed E-state index contributed by atoms with van der Waals surface area (Å²) in [4.78, 5) is 4.81. The topological polar surface area (TPSA) is 12.4 Å². The summed E-state index contributed by atoms with van der Waals surface area (Å²) < 4.78 is 26.7. The van der Waals surface area contributed by atoms with Crippen LogP contribution in [0.1, 0.15) is 5.56 Å². The van der Waals surface area contributed by atoms with E-state index in [-0.39, 0.29) is 5.69 Å². The van der Waals surface area contributed by atoms with E-state index >= 15 is 0 Å². The van der Waals surface area contributed by atoms with Crippen molar-refractivity contribution >= 4 is 33.7 Å². The summed E-state index contributed by atoms with van der Waals surface area (Å²) in [5.74, 6) is -0.942. The minimum Gasteiger partial charge on any atom is -0.247 e. The fraction of sp³-hybridized carbons (Fsp3) is 0.0714. The molecular weight excluding hydrogens is 288 g/mol. The third-order valence-corrected chi connectivity index (χ3v) is 5.28. The minimum absolute atomic E-state index is 0.153. The molecule has 0 saturated carbocycles. The van der Waals surface area contributed by atoms with Gasteiger partial charge >= 0.3 is 0 Å². The van der Waals surface area contributed by atoms with E-state index in [0.717, 1.165) is 16.2 Å². The summed E-state index contributed by atoms with van der Waals surface area (Å²) in [7, 11) is -0.717. The average Bonchev–Trinajstić information content (AvgIpc) is 2.80. The number of nitrogens with zero attached hydrogens (tertiary/aromatic N) is 1. The number of fused-ring (bicyclic) bond motifs is 1. The van der Waals surface area contributed by atoms with Crippen molar-refractivity contribution < 1.29 is 8.78 Å². The van der Waals surface area contributed by atoms with Crippen LogP contribution in [0.4, 0.5) is 14.5 Å². The van der Waals surface area contributed by atoms with Gasteiger partial charge in [-0.05, 0) is 29.8 Å². The van der Waals surface area contributed by atoms with Crippen molar-refractivity contribution in [2.45, 2.75) is 10.6 Å². The number of hydrogen-bond acceptors (Lipinski definition) is 1. The van der Waals surface area contributed by atoms with Gasteiger partial charge in [0, 0.05) is 21.2 Å². The summed E-state index contributed by atoms with van der Waals surface area (Å²) in [6.45, 7) is 0. The zero-order valence-electron chi connectivity index (χ0n) is 9.78. The van der Waals surface area contributed by atoms with Gasteiger partial charge in [-0.1, -0.05) is 23.7 Å². The van der Waals surface area contributed by atoms with Crippen LogP contribution in [0.25, 0.3) is 0 Å². The molecule has 2 aromatic rings. The zero-order chi connectivity index (χ0) is 13.4. The van der Waals surface area contributed by atoms with Gasteiger partial charge < -0.3 is 0 Å². The highest BCUT2D eigenvalue weighted by Crippen LogP contribution is 2.49. The number of thiol groups is 1. The van der Waals surface area contributed by atoms with Crippen LogP contribution >= 0.6 is 22.5 Å². The normalized spacial score (nSPS) is 18.6. The maximum Gasteiger partial charge on any atom is 0.185 e. The van der Waals surface area contributed by atoms with Gasteiger partial charge in [0.1, 0.15) is 5.69 Å². The molecule has 0 aromatic heterocycles. The van der Waals surface area contributed by atoms with Crippen LogP contribution in [-0.2, 0) is 5.75 Å². The van der Waals surface area contributed by atoms with E-state index in [1.54, 1.807) is 11.6 Å². The Bertz CT molecular complexity index is 655. The highest BCUT2D eigenvalue weighted by Gasteiger charge is 2.21. The lowest BCUT2D eigenvalue weighted by Crippen LogP contribution is -1.89. The first-order valence-corrected chi connectivity index (χ1v) is 7.66. The molecule has 0 radical (unpaired) electrons. The maximum atomic E-state index is 13.6. The molecule has 0 amide bonds. The number of benzene rings is 2. The predicted octanol–water partition coefficient (Wildman–Crippen LogP) is 4.85. The molecule has 1 atom stereocenters. The standard InChI is InChI=1S/C14H10ClF2NS/c15-10-3-1-9(2-4-10)7-19-8-18-14-12(19)6-5-11(16)13(14)17/h1-6,8,19H,7H2. The largest absolute Gasteiger partial charge is 0.247 e. The van der Waals surface area contributed by atoms with E-state index in [1.165, 1.54) is 6.07 Å². The Morgan fingerprint density at radius 1 is 1.05 bits per heavy atom. The Morgan fingerprint density at radius 2 is 1.79 bits per heavy atom. The van der Waals surface area contributed by atoms with Gasteiger partial charge in [-0.2, -0.15) is 10.9 Å². The lowest BCUT2D eigenvalue weighted by atomic mass is 10.2. The molecule has 0 aliphatic carbocycles. The van der Waals surface area contributed by atoms with Crippen LogP contribution in [0.5, 0.6) is 0 Å². The third kappa shape index (κ3) is 2.38. The Hall–Kier alpha value is -1.39. The van der Waals surface area contributed by atoms with Crippen molar-refractivity contribution in [3.8, 4) is 0 Å². The lowest BCUT2D eigenvalue weighted by molar-refractivity contribution is 0.508. The highest BCUT2D eigenvalue weighted by molar-refractivity contribution is 8.28. The molecule has 1 unspecified atom stereocenters. The molecule has 0 bridgehead atoms. The quantitative estimate of drug-likeness (QED) is 0.761. The maximum absolute atomic E-state index is 13.6. The van der Waals surface area contributed by atoms with Gasteiger partial charge in [0.25, 0.3) is 0 Å².